The van der Waals surface area contributed by atoms with E-state index >= 15 is 0 Å². The maximum absolute atomic E-state index is 7.74. The molecule has 1 N–H and O–H groups in total. The van der Waals surface area contributed by atoms with E-state index in [1.54, 1.807) is 6.19 Å². The molecule has 0 aromatic rings. The number of nitrogens with one attached hydrogen (secondary N) is 1. The Morgan fingerprint density at radius 3 is 2.00 bits per heavy atom. The average Bonchev–Trinajstić information content (AvgIpc) is 1.35. The number of hydrogen-bond donors (Lipinski definition) is 2. The molecular formula is C2H2K2N2S2. The molecule has 8 heavy (non-hydrogen) atoms. The van der Waals surface area contributed by atoms with Crippen LogP contribution in [0.5, 0.6) is 0 Å². The smallest absolute Gasteiger partial charge is 0.182 e. The summed E-state index contributed by atoms with van der Waals surface area (Å²) in [6.45, 7) is 0. The van der Waals surface area contributed by atoms with E-state index < -0.39 is 0 Å². The molecule has 0 spiro atoms. The van der Waals surface area contributed by atoms with Gasteiger partial charge in [0.2, 0.25) is 0 Å². The zero-order chi connectivity index (χ0) is 4.99. The van der Waals surface area contributed by atoms with Gasteiger partial charge in [0.25, 0.3) is 0 Å². The van der Waals surface area contributed by atoms with Crippen molar-refractivity contribution in [1.82, 2.24) is 5.32 Å². The molecule has 0 saturated carbocycles. The first-order valence-corrected chi connectivity index (χ1v) is 2.01. The van der Waals surface area contributed by atoms with E-state index in [1.807, 2.05) is 0 Å². The van der Waals surface area contributed by atoms with Crippen molar-refractivity contribution < 1.29 is 0 Å². The van der Waals surface area contributed by atoms with Crippen LogP contribution in [0.1, 0.15) is 0 Å². The van der Waals surface area contributed by atoms with Crippen LogP contribution in [0.2, 0.25) is 0 Å². The predicted molar refractivity (Wildman–Crippen MR) is 41.8 cm³/mol. The van der Waals surface area contributed by atoms with Crippen LogP contribution in [0, 0.1) is 11.5 Å². The van der Waals surface area contributed by atoms with Crippen molar-refractivity contribution in [2.45, 2.75) is 0 Å². The van der Waals surface area contributed by atoms with Crippen LogP contribution in [-0.4, -0.2) is 107 Å². The third-order valence-corrected chi connectivity index (χ3v) is 0.377. The molecule has 2 nitrogen and oxygen atoms in total. The molecular weight excluding hydrogens is 194 g/mol. The molecule has 2 radical (unpaired) electrons. The SMILES string of the molecule is N#CNC(=S)S.[K].[K]. The Morgan fingerprint density at radius 2 is 2.00 bits per heavy atom. The van der Waals surface area contributed by atoms with Crippen molar-refractivity contribution in [3.63, 3.8) is 0 Å². The second kappa shape index (κ2) is 12.7. The number of rotatable bonds is 0. The molecule has 0 bridgehead atoms. The first-order chi connectivity index (χ1) is 2.77. The number of nitrogens with zero attached hydrogens (tertiary/aromatic N) is 1. The molecule has 34 valence electrons. The van der Waals surface area contributed by atoms with E-state index in [0.717, 1.165) is 0 Å². The topological polar surface area (TPSA) is 35.8 Å². The molecule has 0 aliphatic heterocycles. The molecule has 0 fully saturated rings. The molecule has 0 saturated heterocycles. The van der Waals surface area contributed by atoms with Crippen molar-refractivity contribution in [3.8, 4) is 6.19 Å². The van der Waals surface area contributed by atoms with E-state index in [0.29, 0.717) is 0 Å². The van der Waals surface area contributed by atoms with Crippen LogP contribution in [0.3, 0.4) is 0 Å². The normalized spacial score (nSPS) is 4.50. The van der Waals surface area contributed by atoms with E-state index in [2.05, 4.69) is 30.2 Å². The Balaban J connectivity index is -0.000000125. The fourth-order valence-corrected chi connectivity index (χ4v) is 0.143. The van der Waals surface area contributed by atoms with Crippen LogP contribution in [0.4, 0.5) is 0 Å². The van der Waals surface area contributed by atoms with Gasteiger partial charge in [-0.2, -0.15) is 5.26 Å². The van der Waals surface area contributed by atoms with Gasteiger partial charge in [0.15, 0.2) is 6.19 Å². The molecule has 0 aromatic heterocycles. The standard InChI is InChI=1S/C2H2N2S2.2K/c3-1-4-2(5)6;;/h(H2,4,5,6);;. The summed E-state index contributed by atoms with van der Waals surface area (Å²) in [5.74, 6) is 0. The number of nitriles is 1. The Morgan fingerprint density at radius 1 is 1.62 bits per heavy atom. The number of thiol groups is 1. The van der Waals surface area contributed by atoms with Crippen LogP contribution in [0.25, 0.3) is 0 Å². The maximum Gasteiger partial charge on any atom is 0.182 e. The summed E-state index contributed by atoms with van der Waals surface area (Å²) in [7, 11) is 0. The van der Waals surface area contributed by atoms with Crippen LogP contribution >= 0.6 is 24.8 Å². The third kappa shape index (κ3) is 16.0. The summed E-state index contributed by atoms with van der Waals surface area (Å²) in [6, 6.07) is 0. The molecule has 6 heteroatoms. The average molecular weight is 196 g/mol. The zero-order valence-electron chi connectivity index (χ0n) is 4.80. The van der Waals surface area contributed by atoms with E-state index in [4.69, 9.17) is 5.26 Å². The van der Waals surface area contributed by atoms with Crippen LogP contribution < -0.4 is 5.32 Å². The van der Waals surface area contributed by atoms with Gasteiger partial charge in [-0.05, 0) is 0 Å². The quantitative estimate of drug-likeness (QED) is 0.180. The molecule has 0 heterocycles. The van der Waals surface area contributed by atoms with Crippen molar-refractivity contribution in [3.05, 3.63) is 0 Å². The summed E-state index contributed by atoms with van der Waals surface area (Å²) in [5, 5.41) is 9.85. The predicted octanol–water partition coefficient (Wildman–Crippen LogP) is -0.490. The van der Waals surface area contributed by atoms with E-state index in [9.17, 15) is 0 Å². The molecule has 0 rings (SSSR count). The second-order valence-electron chi connectivity index (χ2n) is 0.542. The fraction of sp³-hybridized carbons (Fsp3) is 0. The van der Waals surface area contributed by atoms with Gasteiger partial charge in [0.1, 0.15) is 4.32 Å². The second-order valence-corrected chi connectivity index (χ2v) is 1.70. The van der Waals surface area contributed by atoms with Gasteiger partial charge in [0, 0.05) is 103 Å². The maximum atomic E-state index is 7.74. The summed E-state index contributed by atoms with van der Waals surface area (Å²) < 4.78 is 0.206. The summed E-state index contributed by atoms with van der Waals surface area (Å²) in [6.07, 6.45) is 1.60. The molecule has 0 atom stereocenters. The minimum atomic E-state index is 0. The summed E-state index contributed by atoms with van der Waals surface area (Å²) in [4.78, 5) is 0. The van der Waals surface area contributed by atoms with Gasteiger partial charge in [-0.15, -0.1) is 12.6 Å². The Labute approximate surface area is 144 Å². The largest absolute Gasteiger partial charge is 0.278 e. The van der Waals surface area contributed by atoms with E-state index in [-0.39, 0.29) is 107 Å². The first kappa shape index (κ1) is 17.2. The third-order valence-electron chi connectivity index (χ3n) is 0.163. The van der Waals surface area contributed by atoms with Crippen LogP contribution in [0.15, 0.2) is 0 Å². The monoisotopic (exact) mass is 196 g/mol. The van der Waals surface area contributed by atoms with Crippen molar-refractivity contribution >= 4 is 132 Å². The summed E-state index contributed by atoms with van der Waals surface area (Å²) >= 11 is 7.90. The molecule has 0 aliphatic rings. The Bertz CT molecular complexity index is 98.7. The van der Waals surface area contributed by atoms with Gasteiger partial charge in [-0.3, -0.25) is 5.32 Å². The number of hydrogen-bond acceptors (Lipinski definition) is 2. The molecule has 0 unspecified atom stereocenters. The van der Waals surface area contributed by atoms with Gasteiger partial charge in [-0.1, -0.05) is 12.2 Å². The fourth-order valence-electron chi connectivity index (χ4n) is 0.0478. The Kier molecular flexibility index (Phi) is 27.2. The zero-order valence-corrected chi connectivity index (χ0v) is 12.8. The van der Waals surface area contributed by atoms with Gasteiger partial charge in [0.05, 0.1) is 0 Å². The van der Waals surface area contributed by atoms with Gasteiger partial charge in [-0.25, -0.2) is 0 Å². The van der Waals surface area contributed by atoms with Gasteiger partial charge >= 0.3 is 0 Å². The van der Waals surface area contributed by atoms with Crippen LogP contribution in [-0.2, 0) is 0 Å². The Hall–Kier alpha value is 3.00. The van der Waals surface area contributed by atoms with Crippen molar-refractivity contribution in [2.75, 3.05) is 0 Å². The van der Waals surface area contributed by atoms with Gasteiger partial charge < -0.3 is 0 Å². The minimum absolute atomic E-state index is 0. The first-order valence-electron chi connectivity index (χ1n) is 1.15. The molecule has 0 aromatic carbocycles. The van der Waals surface area contributed by atoms with E-state index in [1.165, 1.54) is 0 Å². The molecule has 0 amide bonds. The van der Waals surface area contributed by atoms with Crippen molar-refractivity contribution in [1.29, 1.82) is 5.26 Å². The number of thiocarbonyl (C=S) groups is 1. The summed E-state index contributed by atoms with van der Waals surface area (Å²) in [5.41, 5.74) is 0. The van der Waals surface area contributed by atoms with Crippen molar-refractivity contribution in [2.24, 2.45) is 0 Å². The minimum Gasteiger partial charge on any atom is -0.278 e. The molecule has 0 aliphatic carbocycles.